The van der Waals surface area contributed by atoms with E-state index in [0.29, 0.717) is 36.5 Å². The van der Waals surface area contributed by atoms with E-state index in [0.717, 1.165) is 13.0 Å². The zero-order valence-electron chi connectivity index (χ0n) is 14.4. The third-order valence-electron chi connectivity index (χ3n) is 3.85. The van der Waals surface area contributed by atoms with Crippen LogP contribution in [-0.4, -0.2) is 31.6 Å². The van der Waals surface area contributed by atoms with Gasteiger partial charge in [-0.3, -0.25) is 4.79 Å². The van der Waals surface area contributed by atoms with Gasteiger partial charge >= 0.3 is 0 Å². The third-order valence-corrected chi connectivity index (χ3v) is 3.85. The average molecular weight is 305 g/mol. The van der Waals surface area contributed by atoms with Crippen LogP contribution in [0, 0.1) is 11.8 Å². The van der Waals surface area contributed by atoms with Crippen molar-refractivity contribution in [3.8, 4) is 0 Å². The van der Waals surface area contributed by atoms with Gasteiger partial charge in [0.05, 0.1) is 0 Å². The first kappa shape index (κ1) is 18.7. The van der Waals surface area contributed by atoms with Crippen LogP contribution in [0.15, 0.2) is 24.3 Å². The largest absolute Gasteiger partial charge is 0.351 e. The van der Waals surface area contributed by atoms with E-state index >= 15 is 0 Å². The van der Waals surface area contributed by atoms with E-state index in [4.69, 9.17) is 5.73 Å². The van der Waals surface area contributed by atoms with E-state index in [-0.39, 0.29) is 5.91 Å². The molecule has 0 saturated carbocycles. The first-order valence-corrected chi connectivity index (χ1v) is 8.24. The van der Waals surface area contributed by atoms with Crippen molar-refractivity contribution in [3.63, 3.8) is 0 Å². The van der Waals surface area contributed by atoms with E-state index in [2.05, 4.69) is 44.4 Å². The standard InChI is InChI=1S/C18H31N3O/c1-13(2)17(12-21-14(3)4)11-15-6-5-7-16(10-15)18(22)20-9-8-19/h5-7,10,13-14,17,21H,8-9,11-12,19H2,1-4H3,(H,20,22). The molecule has 4 nitrogen and oxygen atoms in total. The third kappa shape index (κ3) is 6.58. The van der Waals surface area contributed by atoms with Crippen LogP contribution >= 0.6 is 0 Å². The number of carbonyl (C=O) groups excluding carboxylic acids is 1. The van der Waals surface area contributed by atoms with Crippen molar-refractivity contribution >= 4 is 5.91 Å². The highest BCUT2D eigenvalue weighted by Crippen LogP contribution is 2.18. The van der Waals surface area contributed by atoms with E-state index in [9.17, 15) is 4.79 Å². The molecule has 0 aliphatic heterocycles. The minimum atomic E-state index is -0.0475. The van der Waals surface area contributed by atoms with Gasteiger partial charge in [-0.05, 0) is 42.5 Å². The van der Waals surface area contributed by atoms with Crippen molar-refractivity contribution in [1.29, 1.82) is 0 Å². The van der Waals surface area contributed by atoms with Crippen molar-refractivity contribution in [2.45, 2.75) is 40.2 Å². The van der Waals surface area contributed by atoms with Crippen molar-refractivity contribution in [2.75, 3.05) is 19.6 Å². The summed E-state index contributed by atoms with van der Waals surface area (Å²) >= 11 is 0. The average Bonchev–Trinajstić information content (AvgIpc) is 2.48. The van der Waals surface area contributed by atoms with Crippen molar-refractivity contribution in [3.05, 3.63) is 35.4 Å². The van der Waals surface area contributed by atoms with Crippen LogP contribution < -0.4 is 16.4 Å². The summed E-state index contributed by atoms with van der Waals surface area (Å²) in [6, 6.07) is 8.40. The molecule has 1 rings (SSSR count). The van der Waals surface area contributed by atoms with Gasteiger partial charge in [0, 0.05) is 24.7 Å². The number of benzene rings is 1. The smallest absolute Gasteiger partial charge is 0.251 e. The quantitative estimate of drug-likeness (QED) is 0.655. The lowest BCUT2D eigenvalue weighted by molar-refractivity contribution is 0.0954. The number of hydrogen-bond acceptors (Lipinski definition) is 3. The number of amides is 1. The highest BCUT2D eigenvalue weighted by molar-refractivity contribution is 5.94. The number of hydrogen-bond donors (Lipinski definition) is 3. The maximum absolute atomic E-state index is 12.0. The molecule has 0 saturated heterocycles. The Morgan fingerprint density at radius 2 is 1.95 bits per heavy atom. The predicted octanol–water partition coefficient (Wildman–Crippen LogP) is 2.19. The molecular formula is C18H31N3O. The highest BCUT2D eigenvalue weighted by Gasteiger charge is 2.15. The first-order chi connectivity index (χ1) is 10.4. The fourth-order valence-corrected chi connectivity index (χ4v) is 2.36. The number of nitrogens with one attached hydrogen (secondary N) is 2. The van der Waals surface area contributed by atoms with E-state index in [1.165, 1.54) is 5.56 Å². The molecule has 0 radical (unpaired) electrons. The molecule has 0 bridgehead atoms. The van der Waals surface area contributed by atoms with Gasteiger partial charge < -0.3 is 16.4 Å². The van der Waals surface area contributed by atoms with Gasteiger partial charge in [0.1, 0.15) is 0 Å². The van der Waals surface area contributed by atoms with Crippen LogP contribution in [0.5, 0.6) is 0 Å². The molecular weight excluding hydrogens is 274 g/mol. The lowest BCUT2D eigenvalue weighted by Crippen LogP contribution is -2.32. The van der Waals surface area contributed by atoms with Crippen LogP contribution in [0.25, 0.3) is 0 Å². The molecule has 1 amide bonds. The van der Waals surface area contributed by atoms with E-state index in [1.54, 1.807) is 0 Å². The maximum Gasteiger partial charge on any atom is 0.251 e. The van der Waals surface area contributed by atoms with Gasteiger partial charge in [-0.1, -0.05) is 39.8 Å². The molecule has 124 valence electrons. The topological polar surface area (TPSA) is 67.2 Å². The van der Waals surface area contributed by atoms with Gasteiger partial charge in [0.15, 0.2) is 0 Å². The second-order valence-corrected chi connectivity index (χ2v) is 6.52. The summed E-state index contributed by atoms with van der Waals surface area (Å²) in [5.74, 6) is 1.11. The molecule has 1 unspecified atom stereocenters. The minimum Gasteiger partial charge on any atom is -0.351 e. The van der Waals surface area contributed by atoms with Crippen LogP contribution in [0.1, 0.15) is 43.6 Å². The molecule has 1 atom stereocenters. The highest BCUT2D eigenvalue weighted by atomic mass is 16.1. The molecule has 1 aromatic carbocycles. The van der Waals surface area contributed by atoms with Gasteiger partial charge in [0.25, 0.3) is 5.91 Å². The molecule has 4 N–H and O–H groups in total. The monoisotopic (exact) mass is 305 g/mol. The predicted molar refractivity (Wildman–Crippen MR) is 93.0 cm³/mol. The summed E-state index contributed by atoms with van der Waals surface area (Å²) in [6.07, 6.45) is 0.982. The Balaban J connectivity index is 2.72. The Morgan fingerprint density at radius 3 is 2.55 bits per heavy atom. The Kier molecular flexibility index (Phi) is 8.13. The molecule has 0 spiro atoms. The number of carbonyl (C=O) groups is 1. The fourth-order valence-electron chi connectivity index (χ4n) is 2.36. The van der Waals surface area contributed by atoms with Gasteiger partial charge in [0.2, 0.25) is 0 Å². The van der Waals surface area contributed by atoms with Crippen molar-refractivity contribution in [2.24, 2.45) is 17.6 Å². The molecule has 0 aliphatic rings. The summed E-state index contributed by atoms with van der Waals surface area (Å²) in [5, 5.41) is 6.33. The Bertz CT molecular complexity index is 457. The molecule has 4 heteroatoms. The molecule has 0 heterocycles. The summed E-state index contributed by atoms with van der Waals surface area (Å²) in [7, 11) is 0. The van der Waals surface area contributed by atoms with Gasteiger partial charge in [-0.15, -0.1) is 0 Å². The lowest BCUT2D eigenvalue weighted by atomic mass is 9.88. The lowest BCUT2D eigenvalue weighted by Gasteiger charge is -2.23. The first-order valence-electron chi connectivity index (χ1n) is 8.24. The Morgan fingerprint density at radius 1 is 1.23 bits per heavy atom. The van der Waals surface area contributed by atoms with Crippen LogP contribution in [0.4, 0.5) is 0 Å². The summed E-state index contributed by atoms with van der Waals surface area (Å²) in [4.78, 5) is 12.0. The SMILES string of the molecule is CC(C)NCC(Cc1cccc(C(=O)NCCN)c1)C(C)C. The van der Waals surface area contributed by atoms with Gasteiger partial charge in [-0.25, -0.2) is 0 Å². The molecule has 0 aromatic heterocycles. The molecule has 22 heavy (non-hydrogen) atoms. The van der Waals surface area contributed by atoms with Crippen LogP contribution in [0.2, 0.25) is 0 Å². The fraction of sp³-hybridized carbons (Fsp3) is 0.611. The number of nitrogens with two attached hydrogens (primary N) is 1. The second kappa shape index (κ2) is 9.59. The summed E-state index contributed by atoms with van der Waals surface area (Å²) in [6.45, 7) is 10.8. The Hall–Kier alpha value is -1.39. The molecule has 0 fully saturated rings. The number of rotatable bonds is 9. The van der Waals surface area contributed by atoms with E-state index in [1.807, 2.05) is 18.2 Å². The van der Waals surface area contributed by atoms with Crippen LogP contribution in [0.3, 0.4) is 0 Å². The zero-order valence-corrected chi connectivity index (χ0v) is 14.4. The Labute approximate surface area is 134 Å². The van der Waals surface area contributed by atoms with Crippen LogP contribution in [-0.2, 0) is 6.42 Å². The summed E-state index contributed by atoms with van der Waals surface area (Å²) in [5.41, 5.74) is 7.35. The normalized spacial score (nSPS) is 12.7. The second-order valence-electron chi connectivity index (χ2n) is 6.52. The van der Waals surface area contributed by atoms with Crippen molar-refractivity contribution < 1.29 is 4.79 Å². The minimum absolute atomic E-state index is 0.0475. The maximum atomic E-state index is 12.0. The molecule has 0 aliphatic carbocycles. The molecule has 1 aromatic rings. The zero-order chi connectivity index (χ0) is 16.5. The van der Waals surface area contributed by atoms with Gasteiger partial charge in [-0.2, -0.15) is 0 Å². The van der Waals surface area contributed by atoms with E-state index < -0.39 is 0 Å². The van der Waals surface area contributed by atoms with Crippen molar-refractivity contribution in [1.82, 2.24) is 10.6 Å². The summed E-state index contributed by atoms with van der Waals surface area (Å²) < 4.78 is 0.